The molecule has 128 valence electrons. The smallest absolute Gasteiger partial charge is 0.224 e. The Kier molecular flexibility index (Phi) is 4.71. The first-order valence-electron chi connectivity index (χ1n) is 8.09. The highest BCUT2D eigenvalue weighted by Gasteiger charge is 2.20. The number of hydrogen-bond acceptors (Lipinski definition) is 4. The van der Waals surface area contributed by atoms with Crippen LogP contribution in [0.3, 0.4) is 0 Å². The minimum absolute atomic E-state index is 0.0466. The molecule has 7 heteroatoms. The maximum Gasteiger partial charge on any atom is 0.224 e. The van der Waals surface area contributed by atoms with Crippen LogP contribution in [0, 0.1) is 0 Å². The van der Waals surface area contributed by atoms with Gasteiger partial charge in [0.05, 0.1) is 17.1 Å². The van der Waals surface area contributed by atoms with Crippen molar-refractivity contribution >= 4 is 15.7 Å². The molecule has 2 heterocycles. The second-order valence-electron chi connectivity index (χ2n) is 6.02. The number of sulfone groups is 1. The molecule has 0 fully saturated rings. The van der Waals surface area contributed by atoms with Crippen LogP contribution in [0.1, 0.15) is 24.7 Å². The van der Waals surface area contributed by atoms with E-state index in [9.17, 15) is 13.2 Å². The van der Waals surface area contributed by atoms with E-state index in [0.717, 1.165) is 30.8 Å². The Labute approximate surface area is 141 Å². The number of rotatable bonds is 5. The van der Waals surface area contributed by atoms with Crippen LogP contribution in [-0.4, -0.2) is 35.7 Å². The summed E-state index contributed by atoms with van der Waals surface area (Å²) in [7, 11) is -3.20. The summed E-state index contributed by atoms with van der Waals surface area (Å²) in [5, 5.41) is 3.05. The number of nitrogens with one attached hydrogen (secondary N) is 1. The summed E-state index contributed by atoms with van der Waals surface area (Å²) in [6, 6.07) is 6.66. The summed E-state index contributed by atoms with van der Waals surface area (Å²) in [5.74, 6) is 1.09. The third kappa shape index (κ3) is 3.67. The molecule has 0 spiro atoms. The lowest BCUT2D eigenvalue weighted by molar-refractivity contribution is -0.121. The molecule has 0 bridgehead atoms. The van der Waals surface area contributed by atoms with E-state index in [1.165, 1.54) is 0 Å². The number of nitrogens with zero attached hydrogens (tertiary/aromatic N) is 2. The molecular weight excluding hydrogens is 326 g/mol. The molecule has 0 radical (unpaired) electrons. The highest BCUT2D eigenvalue weighted by atomic mass is 32.2. The van der Waals surface area contributed by atoms with Gasteiger partial charge >= 0.3 is 0 Å². The van der Waals surface area contributed by atoms with E-state index in [2.05, 4.69) is 14.9 Å². The van der Waals surface area contributed by atoms with Gasteiger partial charge in [0.25, 0.3) is 0 Å². The number of fused-ring (bicyclic) bond motifs is 1. The largest absolute Gasteiger partial charge is 0.351 e. The SMILES string of the molecule is CCS(=O)(=O)c1ccc(CC(=O)N[C@H]2CCc3nccn3C2)cc1. The van der Waals surface area contributed by atoms with Gasteiger partial charge in [-0.3, -0.25) is 4.79 Å². The maximum atomic E-state index is 12.2. The van der Waals surface area contributed by atoms with E-state index in [1.807, 2.05) is 6.20 Å². The van der Waals surface area contributed by atoms with Gasteiger partial charge in [0, 0.05) is 31.4 Å². The van der Waals surface area contributed by atoms with Crippen LogP contribution in [0.25, 0.3) is 0 Å². The molecule has 0 saturated carbocycles. The van der Waals surface area contributed by atoms with Crippen molar-refractivity contribution in [2.75, 3.05) is 5.75 Å². The molecule has 3 rings (SSSR count). The predicted molar refractivity (Wildman–Crippen MR) is 90.4 cm³/mol. The second-order valence-corrected chi connectivity index (χ2v) is 8.30. The molecule has 1 atom stereocenters. The molecule has 1 amide bonds. The first-order valence-corrected chi connectivity index (χ1v) is 9.74. The van der Waals surface area contributed by atoms with Crippen molar-refractivity contribution in [3.05, 3.63) is 48.0 Å². The number of imidazole rings is 1. The van der Waals surface area contributed by atoms with Crippen molar-refractivity contribution in [3.63, 3.8) is 0 Å². The third-order valence-electron chi connectivity index (χ3n) is 4.33. The minimum atomic E-state index is -3.20. The van der Waals surface area contributed by atoms with Crippen LogP contribution < -0.4 is 5.32 Å². The Bertz CT molecular complexity index is 825. The van der Waals surface area contributed by atoms with Crippen LogP contribution >= 0.6 is 0 Å². The van der Waals surface area contributed by atoms with Crippen molar-refractivity contribution in [2.45, 2.75) is 43.7 Å². The highest BCUT2D eigenvalue weighted by Crippen LogP contribution is 2.15. The Morgan fingerprint density at radius 3 is 2.79 bits per heavy atom. The summed E-state index contributed by atoms with van der Waals surface area (Å²) < 4.78 is 25.6. The van der Waals surface area contributed by atoms with Crippen LogP contribution in [0.15, 0.2) is 41.6 Å². The molecule has 1 aromatic heterocycles. The van der Waals surface area contributed by atoms with Crippen molar-refractivity contribution in [1.29, 1.82) is 0 Å². The van der Waals surface area contributed by atoms with E-state index in [-0.39, 0.29) is 24.1 Å². The van der Waals surface area contributed by atoms with Gasteiger partial charge in [-0.05, 0) is 24.1 Å². The third-order valence-corrected chi connectivity index (χ3v) is 6.08. The van der Waals surface area contributed by atoms with Gasteiger partial charge < -0.3 is 9.88 Å². The number of benzene rings is 1. The van der Waals surface area contributed by atoms with Crippen LogP contribution in [0.4, 0.5) is 0 Å². The average molecular weight is 347 g/mol. The van der Waals surface area contributed by atoms with Gasteiger partial charge in [-0.15, -0.1) is 0 Å². The van der Waals surface area contributed by atoms with Crippen LogP contribution in [0.2, 0.25) is 0 Å². The van der Waals surface area contributed by atoms with Crippen LogP contribution in [0.5, 0.6) is 0 Å². The summed E-state index contributed by atoms with van der Waals surface area (Å²) in [6.07, 6.45) is 5.71. The maximum absolute atomic E-state index is 12.2. The molecular formula is C17H21N3O3S. The van der Waals surface area contributed by atoms with Crippen molar-refractivity contribution in [1.82, 2.24) is 14.9 Å². The molecule has 0 unspecified atom stereocenters. The Hall–Kier alpha value is -2.15. The Morgan fingerprint density at radius 2 is 2.08 bits per heavy atom. The molecule has 2 aromatic rings. The number of amides is 1. The summed E-state index contributed by atoms with van der Waals surface area (Å²) in [4.78, 5) is 16.8. The minimum Gasteiger partial charge on any atom is -0.351 e. The Balaban J connectivity index is 1.58. The van der Waals surface area contributed by atoms with Crippen molar-refractivity contribution in [3.8, 4) is 0 Å². The lowest BCUT2D eigenvalue weighted by Crippen LogP contribution is -2.41. The standard InChI is InChI=1S/C17H21N3O3S/c1-2-24(22,23)15-6-3-13(4-7-15)11-17(21)19-14-5-8-16-18-9-10-20(16)12-14/h3-4,6-7,9-10,14H,2,5,8,11-12H2,1H3,(H,19,21)/t14-/m0/s1. The molecule has 24 heavy (non-hydrogen) atoms. The van der Waals surface area contributed by atoms with Crippen molar-refractivity contribution in [2.24, 2.45) is 0 Å². The molecule has 0 aliphatic carbocycles. The first-order chi connectivity index (χ1) is 11.5. The normalized spacial score (nSPS) is 17.3. The quantitative estimate of drug-likeness (QED) is 0.885. The van der Waals surface area contributed by atoms with Gasteiger partial charge in [-0.25, -0.2) is 13.4 Å². The topological polar surface area (TPSA) is 81.1 Å². The zero-order valence-electron chi connectivity index (χ0n) is 13.6. The van der Waals surface area contributed by atoms with Gasteiger partial charge in [-0.2, -0.15) is 0 Å². The summed E-state index contributed by atoms with van der Waals surface area (Å²) in [6.45, 7) is 2.36. The highest BCUT2D eigenvalue weighted by molar-refractivity contribution is 7.91. The molecule has 1 N–H and O–H groups in total. The molecule has 1 aromatic carbocycles. The van der Waals surface area contributed by atoms with Crippen molar-refractivity contribution < 1.29 is 13.2 Å². The first kappa shape index (κ1) is 16.7. The molecule has 1 aliphatic heterocycles. The van der Waals surface area contributed by atoms with E-state index >= 15 is 0 Å². The van der Waals surface area contributed by atoms with Gasteiger partial charge in [0.15, 0.2) is 9.84 Å². The fourth-order valence-corrected chi connectivity index (χ4v) is 3.81. The monoisotopic (exact) mass is 347 g/mol. The lowest BCUT2D eigenvalue weighted by atomic mass is 10.1. The zero-order valence-corrected chi connectivity index (χ0v) is 14.4. The van der Waals surface area contributed by atoms with Crippen LogP contribution in [-0.2, 0) is 34.0 Å². The van der Waals surface area contributed by atoms with Gasteiger partial charge in [0.2, 0.25) is 5.91 Å². The van der Waals surface area contributed by atoms with Gasteiger partial charge in [-0.1, -0.05) is 19.1 Å². The average Bonchev–Trinajstić information content (AvgIpc) is 3.03. The molecule has 1 aliphatic rings. The second kappa shape index (κ2) is 6.76. The van der Waals surface area contributed by atoms with E-state index in [1.54, 1.807) is 37.4 Å². The van der Waals surface area contributed by atoms with E-state index in [4.69, 9.17) is 0 Å². The number of aromatic nitrogens is 2. The summed E-state index contributed by atoms with van der Waals surface area (Å²) in [5.41, 5.74) is 0.807. The number of aryl methyl sites for hydroxylation is 1. The lowest BCUT2D eigenvalue weighted by Gasteiger charge is -2.24. The fourth-order valence-electron chi connectivity index (χ4n) is 2.93. The number of carbonyl (C=O) groups excluding carboxylic acids is 1. The van der Waals surface area contributed by atoms with E-state index in [0.29, 0.717) is 4.90 Å². The predicted octanol–water partition coefficient (Wildman–Crippen LogP) is 1.35. The van der Waals surface area contributed by atoms with Gasteiger partial charge in [0.1, 0.15) is 5.82 Å². The van der Waals surface area contributed by atoms with E-state index < -0.39 is 9.84 Å². The fraction of sp³-hybridized carbons (Fsp3) is 0.412. The zero-order chi connectivity index (χ0) is 17.2. The summed E-state index contributed by atoms with van der Waals surface area (Å²) >= 11 is 0. The number of hydrogen-bond donors (Lipinski definition) is 1. The Morgan fingerprint density at radius 1 is 1.33 bits per heavy atom. The number of carbonyl (C=O) groups is 1. The molecule has 0 saturated heterocycles. The molecule has 6 nitrogen and oxygen atoms in total.